The monoisotopic (exact) mass is 391 g/mol. The molecule has 0 N–H and O–H groups in total. The highest BCUT2D eigenvalue weighted by molar-refractivity contribution is 5.89. The third kappa shape index (κ3) is 3.19. The SMILES string of the molecule is O=C(N1CC(c2nc(-c3ncccn3)no2)C1)C1(c2ccccc2)CCOCC1. The van der Waals surface area contributed by atoms with Crippen LogP contribution >= 0.6 is 0 Å². The Labute approximate surface area is 167 Å². The van der Waals surface area contributed by atoms with Crippen molar-refractivity contribution in [3.05, 3.63) is 60.2 Å². The van der Waals surface area contributed by atoms with Gasteiger partial charge in [0.2, 0.25) is 23.4 Å². The molecule has 0 unspecified atom stereocenters. The van der Waals surface area contributed by atoms with E-state index in [0.717, 1.165) is 5.56 Å². The highest BCUT2D eigenvalue weighted by Gasteiger charge is 2.48. The van der Waals surface area contributed by atoms with E-state index in [4.69, 9.17) is 9.26 Å². The fourth-order valence-corrected chi connectivity index (χ4v) is 4.11. The number of nitrogens with zero attached hydrogens (tertiary/aromatic N) is 5. The van der Waals surface area contributed by atoms with Crippen molar-refractivity contribution in [3.63, 3.8) is 0 Å². The Hall–Kier alpha value is -3.13. The molecule has 4 heterocycles. The first-order valence-corrected chi connectivity index (χ1v) is 9.80. The lowest BCUT2D eigenvalue weighted by atomic mass is 9.72. The van der Waals surface area contributed by atoms with Gasteiger partial charge in [0.25, 0.3) is 0 Å². The van der Waals surface area contributed by atoms with Gasteiger partial charge in [-0.25, -0.2) is 9.97 Å². The van der Waals surface area contributed by atoms with Gasteiger partial charge >= 0.3 is 0 Å². The van der Waals surface area contributed by atoms with Gasteiger partial charge in [-0.2, -0.15) is 4.98 Å². The zero-order valence-corrected chi connectivity index (χ0v) is 15.9. The Morgan fingerprint density at radius 1 is 1.00 bits per heavy atom. The summed E-state index contributed by atoms with van der Waals surface area (Å²) in [7, 11) is 0. The van der Waals surface area contributed by atoms with Crippen molar-refractivity contribution in [1.29, 1.82) is 0 Å². The molecule has 0 atom stereocenters. The second kappa shape index (κ2) is 7.36. The third-order valence-corrected chi connectivity index (χ3v) is 5.81. The van der Waals surface area contributed by atoms with Crippen molar-refractivity contribution in [3.8, 4) is 11.6 Å². The molecule has 2 aliphatic heterocycles. The van der Waals surface area contributed by atoms with Gasteiger partial charge in [-0.3, -0.25) is 4.79 Å². The first-order chi connectivity index (χ1) is 14.3. The maximum Gasteiger partial charge on any atom is 0.240 e. The van der Waals surface area contributed by atoms with E-state index in [1.54, 1.807) is 18.5 Å². The molecule has 2 aromatic heterocycles. The molecule has 0 bridgehead atoms. The van der Waals surface area contributed by atoms with Gasteiger partial charge in [0.05, 0.1) is 11.3 Å². The lowest BCUT2D eigenvalue weighted by molar-refractivity contribution is -0.146. The van der Waals surface area contributed by atoms with Crippen molar-refractivity contribution < 1.29 is 14.1 Å². The number of benzene rings is 1. The summed E-state index contributed by atoms with van der Waals surface area (Å²) in [5.74, 6) is 1.53. The Morgan fingerprint density at radius 3 is 2.45 bits per heavy atom. The van der Waals surface area contributed by atoms with Crippen LogP contribution < -0.4 is 0 Å². The lowest BCUT2D eigenvalue weighted by Gasteiger charge is -2.45. The predicted molar refractivity (Wildman–Crippen MR) is 103 cm³/mol. The number of carbonyl (C=O) groups is 1. The summed E-state index contributed by atoms with van der Waals surface area (Å²) in [6, 6.07) is 11.8. The van der Waals surface area contributed by atoms with E-state index in [9.17, 15) is 4.79 Å². The number of amides is 1. The molecule has 8 heteroatoms. The molecule has 5 rings (SSSR count). The molecular formula is C21H21N5O3. The molecule has 29 heavy (non-hydrogen) atoms. The van der Waals surface area contributed by atoms with Crippen LogP contribution in [-0.4, -0.2) is 57.2 Å². The summed E-state index contributed by atoms with van der Waals surface area (Å²) in [6.07, 6.45) is 4.68. The summed E-state index contributed by atoms with van der Waals surface area (Å²) in [6.45, 7) is 2.35. The molecule has 0 spiro atoms. The molecule has 1 amide bonds. The normalized spacial score (nSPS) is 19.0. The molecule has 148 valence electrons. The van der Waals surface area contributed by atoms with Gasteiger partial charge in [-0.15, -0.1) is 0 Å². The van der Waals surface area contributed by atoms with Gasteiger partial charge in [0.1, 0.15) is 0 Å². The van der Waals surface area contributed by atoms with Crippen molar-refractivity contribution in [2.24, 2.45) is 0 Å². The van der Waals surface area contributed by atoms with E-state index in [0.29, 0.717) is 56.7 Å². The molecule has 2 saturated heterocycles. The molecular weight excluding hydrogens is 370 g/mol. The molecule has 3 aromatic rings. The maximum absolute atomic E-state index is 13.5. The van der Waals surface area contributed by atoms with Crippen LogP contribution in [0, 0.1) is 0 Å². The first kappa shape index (κ1) is 17.9. The second-order valence-corrected chi connectivity index (χ2v) is 7.50. The van der Waals surface area contributed by atoms with Gasteiger partial charge in [0, 0.05) is 38.7 Å². The number of likely N-dealkylation sites (tertiary alicyclic amines) is 1. The highest BCUT2D eigenvalue weighted by Crippen LogP contribution is 2.39. The smallest absolute Gasteiger partial charge is 0.240 e. The average Bonchev–Trinajstić information content (AvgIpc) is 3.24. The largest absolute Gasteiger partial charge is 0.381 e. The van der Waals surface area contributed by atoms with Gasteiger partial charge in [-0.05, 0) is 24.5 Å². The summed E-state index contributed by atoms with van der Waals surface area (Å²) < 4.78 is 11.0. The van der Waals surface area contributed by atoms with E-state index in [2.05, 4.69) is 20.1 Å². The zero-order chi connectivity index (χ0) is 19.7. The van der Waals surface area contributed by atoms with Gasteiger partial charge < -0.3 is 14.2 Å². The van der Waals surface area contributed by atoms with Crippen LogP contribution in [0.2, 0.25) is 0 Å². The lowest BCUT2D eigenvalue weighted by Crippen LogP contribution is -2.57. The van der Waals surface area contributed by atoms with E-state index in [-0.39, 0.29) is 11.8 Å². The number of hydrogen-bond acceptors (Lipinski definition) is 7. The van der Waals surface area contributed by atoms with Gasteiger partial charge in [0.15, 0.2) is 0 Å². The van der Waals surface area contributed by atoms with E-state index in [1.807, 2.05) is 35.2 Å². The summed E-state index contributed by atoms with van der Waals surface area (Å²) >= 11 is 0. The van der Waals surface area contributed by atoms with E-state index in [1.165, 1.54) is 0 Å². The third-order valence-electron chi connectivity index (χ3n) is 5.81. The summed E-state index contributed by atoms with van der Waals surface area (Å²) in [5, 5.41) is 3.98. The fraction of sp³-hybridized carbons (Fsp3) is 0.381. The van der Waals surface area contributed by atoms with Crippen molar-refractivity contribution in [1.82, 2.24) is 25.0 Å². The van der Waals surface area contributed by atoms with Crippen LogP contribution in [0.1, 0.15) is 30.2 Å². The molecule has 0 radical (unpaired) electrons. The van der Waals surface area contributed by atoms with E-state index < -0.39 is 5.41 Å². The zero-order valence-electron chi connectivity index (χ0n) is 15.9. The average molecular weight is 391 g/mol. The summed E-state index contributed by atoms with van der Waals surface area (Å²) in [4.78, 5) is 28.1. The van der Waals surface area contributed by atoms with Crippen molar-refractivity contribution in [2.45, 2.75) is 24.2 Å². The van der Waals surface area contributed by atoms with E-state index >= 15 is 0 Å². The summed E-state index contributed by atoms with van der Waals surface area (Å²) in [5.41, 5.74) is 0.556. The number of aromatic nitrogens is 4. The minimum atomic E-state index is -0.512. The maximum atomic E-state index is 13.5. The Kier molecular flexibility index (Phi) is 4.55. The highest BCUT2D eigenvalue weighted by atomic mass is 16.5. The standard InChI is InChI=1S/C21H21N5O3/c27-20(21(7-11-28-12-8-21)16-5-2-1-3-6-16)26-13-15(14-26)19-24-18(25-29-19)17-22-9-4-10-23-17/h1-6,9-10,15H,7-8,11-14H2. The number of rotatable bonds is 4. The first-order valence-electron chi connectivity index (χ1n) is 9.80. The van der Waals surface area contributed by atoms with Crippen LogP contribution in [0.15, 0.2) is 53.3 Å². The molecule has 2 aliphatic rings. The minimum absolute atomic E-state index is 0.0385. The minimum Gasteiger partial charge on any atom is -0.381 e. The molecule has 8 nitrogen and oxygen atoms in total. The number of carbonyl (C=O) groups excluding carboxylic acids is 1. The Balaban J connectivity index is 1.31. The fourth-order valence-electron chi connectivity index (χ4n) is 4.11. The van der Waals surface area contributed by atoms with Gasteiger partial charge in [-0.1, -0.05) is 35.5 Å². The van der Waals surface area contributed by atoms with Crippen molar-refractivity contribution in [2.75, 3.05) is 26.3 Å². The Morgan fingerprint density at radius 2 is 1.72 bits per heavy atom. The van der Waals surface area contributed by atoms with Crippen LogP contribution in [0.4, 0.5) is 0 Å². The van der Waals surface area contributed by atoms with Crippen LogP contribution in [0.3, 0.4) is 0 Å². The molecule has 1 aromatic carbocycles. The molecule has 2 fully saturated rings. The molecule has 0 aliphatic carbocycles. The van der Waals surface area contributed by atoms with Crippen LogP contribution in [0.5, 0.6) is 0 Å². The quantitative estimate of drug-likeness (QED) is 0.673. The van der Waals surface area contributed by atoms with Crippen molar-refractivity contribution >= 4 is 5.91 Å². The predicted octanol–water partition coefficient (Wildman–Crippen LogP) is 2.20. The van der Waals surface area contributed by atoms with Crippen LogP contribution in [0.25, 0.3) is 11.6 Å². The van der Waals surface area contributed by atoms with Crippen LogP contribution in [-0.2, 0) is 14.9 Å². The second-order valence-electron chi connectivity index (χ2n) is 7.50. The number of ether oxygens (including phenoxy) is 1. The molecule has 0 saturated carbocycles. The topological polar surface area (TPSA) is 94.2 Å². The number of hydrogen-bond donors (Lipinski definition) is 0. The Bertz CT molecular complexity index is 980.